The van der Waals surface area contributed by atoms with Gasteiger partial charge in [0.25, 0.3) is 0 Å². The number of benzene rings is 3. The molecule has 0 radical (unpaired) electrons. The Hall–Kier alpha value is -4.38. The smallest absolute Gasteiger partial charge is 0.222 e. The Bertz CT molecular complexity index is 1730. The predicted octanol–water partition coefficient (Wildman–Crippen LogP) is 7.15. The molecule has 5 nitrogen and oxygen atoms in total. The number of phenols is 1. The number of pyridine rings is 2. The van der Waals surface area contributed by atoms with Crippen LogP contribution >= 0.6 is 0 Å². The van der Waals surface area contributed by atoms with Crippen molar-refractivity contribution in [2.24, 2.45) is 0 Å². The third-order valence-electron chi connectivity index (χ3n) is 6.18. The van der Waals surface area contributed by atoms with Crippen LogP contribution in [-0.2, 0) is 0 Å². The van der Waals surface area contributed by atoms with E-state index in [1.165, 1.54) is 0 Å². The summed E-state index contributed by atoms with van der Waals surface area (Å²) in [6, 6.07) is 24.2. The summed E-state index contributed by atoms with van der Waals surface area (Å²) in [5.41, 5.74) is 5.67. The molecule has 166 valence electrons. The summed E-state index contributed by atoms with van der Waals surface area (Å²) < 4.78 is 8.43. The average molecular weight is 446 g/mol. The molecule has 3 heterocycles. The maximum absolute atomic E-state index is 10.4. The van der Waals surface area contributed by atoms with E-state index < -0.39 is 0 Å². The van der Waals surface area contributed by atoms with Gasteiger partial charge >= 0.3 is 0 Å². The quantitative estimate of drug-likeness (QED) is 0.314. The lowest BCUT2D eigenvalue weighted by Crippen LogP contribution is -1.98. The van der Waals surface area contributed by atoms with Crippen LogP contribution in [0.15, 0.2) is 79.0 Å². The Labute approximate surface area is 196 Å². The summed E-state index contributed by atoms with van der Waals surface area (Å²) in [6.07, 6.45) is 1.84. The minimum absolute atomic E-state index is 0.154. The van der Waals surface area contributed by atoms with Crippen molar-refractivity contribution in [3.63, 3.8) is 0 Å². The molecule has 0 saturated heterocycles. The molecular weight excluding hydrogens is 422 g/mol. The second-order valence-corrected chi connectivity index (χ2v) is 8.79. The number of aromatic nitrogens is 3. The lowest BCUT2D eigenvalue weighted by molar-refractivity contribution is 0.457. The minimum atomic E-state index is 0.154. The van der Waals surface area contributed by atoms with E-state index in [4.69, 9.17) is 4.74 Å². The summed E-state index contributed by atoms with van der Waals surface area (Å²) in [4.78, 5) is 9.28. The van der Waals surface area contributed by atoms with Gasteiger partial charge in [0, 0.05) is 34.0 Å². The summed E-state index contributed by atoms with van der Waals surface area (Å²) in [5, 5.41) is 13.6. The number of nitrogens with zero attached hydrogens (tertiary/aromatic N) is 3. The van der Waals surface area contributed by atoms with Gasteiger partial charge in [0.05, 0.1) is 11.0 Å². The summed E-state index contributed by atoms with van der Waals surface area (Å²) in [5.74, 6) is 2.16. The molecule has 1 N–H and O–H groups in total. The highest BCUT2D eigenvalue weighted by molar-refractivity contribution is 6.09. The van der Waals surface area contributed by atoms with Crippen LogP contribution in [0.1, 0.15) is 16.7 Å². The van der Waals surface area contributed by atoms with Gasteiger partial charge in [-0.2, -0.15) is 0 Å². The summed E-state index contributed by atoms with van der Waals surface area (Å²) >= 11 is 0. The average Bonchev–Trinajstić information content (AvgIpc) is 3.13. The number of aryl methyl sites for hydroxylation is 3. The first-order chi connectivity index (χ1) is 16.5. The molecule has 0 unspecified atom stereocenters. The molecular formula is C29H23N3O2. The predicted molar refractivity (Wildman–Crippen MR) is 136 cm³/mol. The van der Waals surface area contributed by atoms with E-state index in [0.29, 0.717) is 17.1 Å². The Morgan fingerprint density at radius 3 is 2.47 bits per heavy atom. The Morgan fingerprint density at radius 2 is 1.62 bits per heavy atom. The highest BCUT2D eigenvalue weighted by atomic mass is 16.5. The minimum Gasteiger partial charge on any atom is -0.506 e. The van der Waals surface area contributed by atoms with E-state index in [0.717, 1.165) is 49.7 Å². The van der Waals surface area contributed by atoms with Crippen molar-refractivity contribution in [3.8, 4) is 23.2 Å². The van der Waals surface area contributed by atoms with Crippen LogP contribution in [0.25, 0.3) is 38.5 Å². The fourth-order valence-corrected chi connectivity index (χ4v) is 4.62. The molecule has 0 atom stereocenters. The number of para-hydroxylation sites is 1. The van der Waals surface area contributed by atoms with Crippen LogP contribution in [0.4, 0.5) is 0 Å². The number of fused-ring (bicyclic) bond motifs is 4. The first kappa shape index (κ1) is 20.2. The Morgan fingerprint density at radius 1 is 0.794 bits per heavy atom. The number of aromatic hydroxyl groups is 1. The molecule has 6 rings (SSSR count). The zero-order chi connectivity index (χ0) is 23.4. The van der Waals surface area contributed by atoms with Gasteiger partial charge in [-0.15, -0.1) is 0 Å². The number of phenolic OH excluding ortho intramolecular Hbond substituents is 1. The van der Waals surface area contributed by atoms with Crippen molar-refractivity contribution in [2.45, 2.75) is 20.8 Å². The molecule has 0 saturated carbocycles. The van der Waals surface area contributed by atoms with Crippen molar-refractivity contribution in [2.75, 3.05) is 0 Å². The van der Waals surface area contributed by atoms with Gasteiger partial charge in [0.1, 0.15) is 22.8 Å². The molecule has 0 aliphatic rings. The van der Waals surface area contributed by atoms with E-state index in [9.17, 15) is 5.11 Å². The first-order valence-corrected chi connectivity index (χ1v) is 11.2. The van der Waals surface area contributed by atoms with Gasteiger partial charge in [0.2, 0.25) is 5.88 Å². The molecule has 34 heavy (non-hydrogen) atoms. The molecule has 0 aliphatic carbocycles. The van der Waals surface area contributed by atoms with E-state index in [1.807, 2.05) is 56.4 Å². The van der Waals surface area contributed by atoms with Gasteiger partial charge in [-0.1, -0.05) is 18.2 Å². The maximum Gasteiger partial charge on any atom is 0.222 e. The second-order valence-electron chi connectivity index (χ2n) is 8.79. The number of ether oxygens (including phenoxy) is 1. The van der Waals surface area contributed by atoms with Crippen LogP contribution in [0.2, 0.25) is 0 Å². The van der Waals surface area contributed by atoms with Gasteiger partial charge in [-0.3, -0.25) is 4.57 Å². The number of hydrogen-bond acceptors (Lipinski definition) is 4. The molecule has 3 aromatic carbocycles. The normalized spacial score (nSPS) is 11.5. The van der Waals surface area contributed by atoms with Gasteiger partial charge in [-0.05, 0) is 80.4 Å². The fraction of sp³-hybridized carbons (Fsp3) is 0.103. The van der Waals surface area contributed by atoms with Crippen molar-refractivity contribution < 1.29 is 9.84 Å². The highest BCUT2D eigenvalue weighted by Crippen LogP contribution is 2.36. The van der Waals surface area contributed by atoms with Crippen molar-refractivity contribution >= 4 is 32.7 Å². The first-order valence-electron chi connectivity index (χ1n) is 11.2. The topological polar surface area (TPSA) is 60.2 Å². The van der Waals surface area contributed by atoms with Gasteiger partial charge in [-0.25, -0.2) is 9.97 Å². The molecule has 0 aliphatic heterocycles. The van der Waals surface area contributed by atoms with Crippen molar-refractivity contribution in [1.82, 2.24) is 14.5 Å². The largest absolute Gasteiger partial charge is 0.506 e. The van der Waals surface area contributed by atoms with E-state index in [2.05, 4.69) is 51.8 Å². The van der Waals surface area contributed by atoms with Crippen LogP contribution in [-0.4, -0.2) is 19.6 Å². The molecule has 6 aromatic rings. The highest BCUT2D eigenvalue weighted by Gasteiger charge is 2.15. The Balaban J connectivity index is 1.53. The third-order valence-corrected chi connectivity index (χ3v) is 6.18. The summed E-state index contributed by atoms with van der Waals surface area (Å²) in [7, 11) is 0. The molecule has 5 heteroatoms. The van der Waals surface area contributed by atoms with Gasteiger partial charge in [0.15, 0.2) is 0 Å². The van der Waals surface area contributed by atoms with Crippen molar-refractivity contribution in [3.05, 3.63) is 95.7 Å². The SMILES string of the molecule is Cc1ccnc(-n2c3ccccc3c3ccc(Oc4nc5c(O)cc(C)cc5cc4C)cc32)c1. The zero-order valence-corrected chi connectivity index (χ0v) is 19.2. The molecule has 3 aromatic heterocycles. The van der Waals surface area contributed by atoms with Gasteiger partial charge < -0.3 is 9.84 Å². The molecule has 0 fully saturated rings. The van der Waals surface area contributed by atoms with Crippen LogP contribution in [0, 0.1) is 20.8 Å². The van der Waals surface area contributed by atoms with E-state index in [-0.39, 0.29) is 5.75 Å². The lowest BCUT2D eigenvalue weighted by atomic mass is 10.1. The van der Waals surface area contributed by atoms with Crippen LogP contribution < -0.4 is 4.74 Å². The Kier molecular flexibility index (Phi) is 4.52. The second kappa shape index (κ2) is 7.59. The molecule has 0 bridgehead atoms. The van der Waals surface area contributed by atoms with Crippen LogP contribution in [0.3, 0.4) is 0 Å². The third kappa shape index (κ3) is 3.25. The number of hydrogen-bond donors (Lipinski definition) is 1. The number of rotatable bonds is 3. The van der Waals surface area contributed by atoms with Crippen molar-refractivity contribution in [1.29, 1.82) is 0 Å². The fourth-order valence-electron chi connectivity index (χ4n) is 4.62. The zero-order valence-electron chi connectivity index (χ0n) is 19.2. The summed E-state index contributed by atoms with van der Waals surface area (Å²) in [6.45, 7) is 5.99. The van der Waals surface area contributed by atoms with E-state index >= 15 is 0 Å². The van der Waals surface area contributed by atoms with E-state index in [1.54, 1.807) is 6.07 Å². The van der Waals surface area contributed by atoms with Crippen LogP contribution in [0.5, 0.6) is 17.4 Å². The monoisotopic (exact) mass is 445 g/mol. The maximum atomic E-state index is 10.4. The molecule has 0 amide bonds. The molecule has 0 spiro atoms. The lowest BCUT2D eigenvalue weighted by Gasteiger charge is -2.12. The standard InChI is InChI=1S/C29H23N3O2/c1-17-10-11-30-27(14-17)32-24-7-5-4-6-22(24)23-9-8-21(16-25(23)32)34-29-19(3)15-20-12-18(2)13-26(33)28(20)31-29/h4-16,33H,1-3H3.